The number of hydrogen-bond acceptors (Lipinski definition) is 5. The third-order valence-corrected chi connectivity index (χ3v) is 3.73. The number of nitrogens with one attached hydrogen (secondary N) is 1. The first-order chi connectivity index (χ1) is 8.16. The maximum Gasteiger partial charge on any atom is 0.344 e. The fraction of sp³-hybridized carbons (Fsp3) is 0. The molecule has 1 fully saturated rings. The predicted octanol–water partition coefficient (Wildman–Crippen LogP) is 2.31. The minimum Gasteiger partial charge on any atom is -0.421 e. The van der Waals surface area contributed by atoms with Gasteiger partial charge in [0.05, 0.1) is 10.5 Å². The van der Waals surface area contributed by atoms with E-state index in [1.807, 2.05) is 0 Å². The highest BCUT2D eigenvalue weighted by molar-refractivity contribution is 8.19. The van der Waals surface area contributed by atoms with Gasteiger partial charge in [-0.25, -0.2) is 4.79 Å². The smallest absolute Gasteiger partial charge is 0.344 e. The second-order valence-corrected chi connectivity index (χ2v) is 4.83. The Bertz CT molecular complexity index is 606. The third-order valence-electron chi connectivity index (χ3n) is 2.41. The van der Waals surface area contributed by atoms with Crippen molar-refractivity contribution in [3.8, 4) is 0 Å². The first-order valence-corrected chi connectivity index (χ1v) is 5.98. The monoisotopic (exact) mass is 263 g/mol. The van der Waals surface area contributed by atoms with Gasteiger partial charge in [0.15, 0.2) is 5.76 Å². The van der Waals surface area contributed by atoms with Crippen LogP contribution in [-0.2, 0) is 4.74 Å². The molecule has 0 atom stereocenters. The predicted molar refractivity (Wildman–Crippen MR) is 67.5 cm³/mol. The van der Waals surface area contributed by atoms with E-state index in [1.54, 1.807) is 24.3 Å². The lowest BCUT2D eigenvalue weighted by Crippen LogP contribution is -2.16. The van der Waals surface area contributed by atoms with Crippen LogP contribution < -0.4 is 5.32 Å². The second-order valence-electron chi connectivity index (χ2n) is 3.44. The molecule has 1 N–H and O–H groups in total. The summed E-state index contributed by atoms with van der Waals surface area (Å²) in [5, 5.41) is 2.24. The minimum atomic E-state index is -0.411. The number of amides is 1. The zero-order valence-corrected chi connectivity index (χ0v) is 9.98. The van der Waals surface area contributed by atoms with Gasteiger partial charge in [-0.1, -0.05) is 30.4 Å². The zero-order chi connectivity index (χ0) is 12.0. The molecule has 17 heavy (non-hydrogen) atoms. The molecule has 0 bridgehead atoms. The number of benzene rings is 1. The van der Waals surface area contributed by atoms with Crippen LogP contribution in [0.25, 0.3) is 5.76 Å². The third kappa shape index (κ3) is 1.57. The van der Waals surface area contributed by atoms with Gasteiger partial charge >= 0.3 is 5.97 Å². The van der Waals surface area contributed by atoms with Crippen LogP contribution in [0.5, 0.6) is 0 Å². The van der Waals surface area contributed by atoms with Crippen molar-refractivity contribution in [2.45, 2.75) is 0 Å². The van der Waals surface area contributed by atoms with Crippen LogP contribution in [0.1, 0.15) is 15.9 Å². The van der Waals surface area contributed by atoms with Crippen molar-refractivity contribution in [2.75, 3.05) is 0 Å². The molecular weight excluding hydrogens is 258 g/mol. The fourth-order valence-electron chi connectivity index (χ4n) is 1.69. The summed E-state index contributed by atoms with van der Waals surface area (Å²) < 4.78 is 5.17. The Hall–Kier alpha value is -1.66. The Morgan fingerprint density at radius 2 is 1.88 bits per heavy atom. The van der Waals surface area contributed by atoms with Gasteiger partial charge in [-0.2, -0.15) is 0 Å². The number of esters is 1. The van der Waals surface area contributed by atoms with E-state index in [4.69, 9.17) is 17.0 Å². The molecule has 1 amide bonds. The number of thioether (sulfide) groups is 1. The van der Waals surface area contributed by atoms with Gasteiger partial charge < -0.3 is 10.1 Å². The van der Waals surface area contributed by atoms with Crippen molar-refractivity contribution >= 4 is 45.9 Å². The van der Waals surface area contributed by atoms with E-state index in [9.17, 15) is 9.59 Å². The van der Waals surface area contributed by atoms with E-state index in [-0.39, 0.29) is 5.24 Å². The lowest BCUT2D eigenvalue weighted by atomic mass is 10.1. The summed E-state index contributed by atoms with van der Waals surface area (Å²) >= 11 is 5.97. The molecule has 0 spiro atoms. The molecule has 2 aliphatic rings. The molecule has 0 unspecified atom stereocenters. The van der Waals surface area contributed by atoms with Gasteiger partial charge in [0.1, 0.15) is 4.99 Å². The summed E-state index contributed by atoms with van der Waals surface area (Å²) in [4.78, 5) is 23.6. The molecule has 6 heteroatoms. The molecule has 0 radical (unpaired) electrons. The summed E-state index contributed by atoms with van der Waals surface area (Å²) in [5.74, 6) is -0.0372. The quantitative estimate of drug-likeness (QED) is 0.442. The van der Waals surface area contributed by atoms with Gasteiger partial charge in [-0.15, -0.1) is 0 Å². The number of hydrogen-bond donors (Lipinski definition) is 1. The summed E-state index contributed by atoms with van der Waals surface area (Å²) in [6.07, 6.45) is 0. The highest BCUT2D eigenvalue weighted by Gasteiger charge is 2.34. The van der Waals surface area contributed by atoms with Gasteiger partial charge in [-0.05, 0) is 17.8 Å². The summed E-state index contributed by atoms with van der Waals surface area (Å²) in [6.45, 7) is 0. The molecule has 0 saturated carbocycles. The fourth-order valence-corrected chi connectivity index (χ4v) is 2.80. The zero-order valence-electron chi connectivity index (χ0n) is 8.35. The van der Waals surface area contributed by atoms with Crippen LogP contribution in [0.2, 0.25) is 0 Å². The first-order valence-electron chi connectivity index (χ1n) is 4.76. The van der Waals surface area contributed by atoms with Crippen LogP contribution in [0, 0.1) is 0 Å². The van der Waals surface area contributed by atoms with Crippen LogP contribution >= 0.6 is 24.0 Å². The maximum atomic E-state index is 11.6. The lowest BCUT2D eigenvalue weighted by molar-refractivity contribution is 0.0715. The number of carbonyl (C=O) groups excluding carboxylic acids is 2. The molecule has 1 aromatic carbocycles. The molecule has 84 valence electrons. The maximum absolute atomic E-state index is 11.6. The van der Waals surface area contributed by atoms with Crippen LogP contribution in [-0.4, -0.2) is 16.2 Å². The second kappa shape index (κ2) is 3.68. The number of thiocarbonyl (C=S) groups is 1. The highest BCUT2D eigenvalue weighted by Crippen LogP contribution is 2.38. The van der Waals surface area contributed by atoms with Crippen molar-refractivity contribution in [3.63, 3.8) is 0 Å². The molecular formula is C11H5NO3S2. The Morgan fingerprint density at radius 3 is 2.53 bits per heavy atom. The molecule has 1 saturated heterocycles. The topological polar surface area (TPSA) is 55.4 Å². The molecule has 2 heterocycles. The van der Waals surface area contributed by atoms with E-state index in [0.29, 0.717) is 26.8 Å². The SMILES string of the molecule is O=C1NC(=S)/C(=C2/OC(=O)c3ccccc32)S1. The lowest BCUT2D eigenvalue weighted by Gasteiger charge is -2.01. The standard InChI is InChI=1S/C11H5NO3S2/c13-10-6-4-2-1-3-5(6)7(15-10)8-9(16)12-11(14)17-8/h1-4H,(H,12,14,16)/b8-7-. The Morgan fingerprint density at radius 1 is 1.18 bits per heavy atom. The van der Waals surface area contributed by atoms with Gasteiger partial charge in [0.2, 0.25) is 0 Å². The number of rotatable bonds is 0. The van der Waals surface area contributed by atoms with Gasteiger partial charge in [0.25, 0.3) is 5.24 Å². The van der Waals surface area contributed by atoms with Gasteiger partial charge in [-0.3, -0.25) is 4.79 Å². The van der Waals surface area contributed by atoms with E-state index >= 15 is 0 Å². The van der Waals surface area contributed by atoms with Crippen molar-refractivity contribution in [1.29, 1.82) is 0 Å². The molecule has 2 aliphatic heterocycles. The van der Waals surface area contributed by atoms with E-state index in [1.165, 1.54) is 0 Å². The van der Waals surface area contributed by atoms with Crippen LogP contribution in [0.15, 0.2) is 29.2 Å². The Kier molecular flexibility index (Phi) is 2.27. The number of cyclic esters (lactones) is 1. The number of fused-ring (bicyclic) bond motifs is 1. The Labute approximate surface area is 106 Å². The summed E-state index contributed by atoms with van der Waals surface area (Å²) in [6, 6.07) is 7.02. The number of ether oxygens (including phenoxy) is 1. The first kappa shape index (κ1) is 10.5. The number of carbonyl (C=O) groups is 2. The minimum absolute atomic E-state index is 0.252. The van der Waals surface area contributed by atoms with E-state index < -0.39 is 5.97 Å². The van der Waals surface area contributed by atoms with E-state index in [0.717, 1.165) is 11.8 Å². The van der Waals surface area contributed by atoms with Crippen LogP contribution in [0.3, 0.4) is 0 Å². The average molecular weight is 263 g/mol. The van der Waals surface area contributed by atoms with Crippen LogP contribution in [0.4, 0.5) is 4.79 Å². The molecule has 4 nitrogen and oxygen atoms in total. The largest absolute Gasteiger partial charge is 0.421 e. The Balaban J connectivity index is 2.19. The highest BCUT2D eigenvalue weighted by atomic mass is 32.2. The molecule has 0 aromatic heterocycles. The molecule has 3 rings (SSSR count). The van der Waals surface area contributed by atoms with Crippen molar-refractivity contribution in [2.24, 2.45) is 0 Å². The molecule has 0 aliphatic carbocycles. The average Bonchev–Trinajstić information content (AvgIpc) is 2.80. The van der Waals surface area contributed by atoms with Gasteiger partial charge in [0, 0.05) is 5.56 Å². The normalized spacial score (nSPS) is 22.5. The van der Waals surface area contributed by atoms with Crippen molar-refractivity contribution in [3.05, 3.63) is 40.3 Å². The van der Waals surface area contributed by atoms with Crippen molar-refractivity contribution in [1.82, 2.24) is 5.32 Å². The summed E-state index contributed by atoms with van der Waals surface area (Å²) in [5.41, 5.74) is 1.18. The van der Waals surface area contributed by atoms with E-state index in [2.05, 4.69) is 5.32 Å². The summed E-state index contributed by atoms with van der Waals surface area (Å²) in [7, 11) is 0. The molecule has 1 aromatic rings. The van der Waals surface area contributed by atoms with Crippen molar-refractivity contribution < 1.29 is 14.3 Å².